The molecule has 1 unspecified atom stereocenters. The Morgan fingerprint density at radius 1 is 1.46 bits per heavy atom. The van der Waals surface area contributed by atoms with Crippen LogP contribution in [0.4, 0.5) is 0 Å². The molecule has 0 fully saturated rings. The summed E-state index contributed by atoms with van der Waals surface area (Å²) in [7, 11) is 0. The van der Waals surface area contributed by atoms with Crippen LogP contribution in [0.1, 0.15) is 19.8 Å². The van der Waals surface area contributed by atoms with E-state index in [0.717, 1.165) is 0 Å². The maximum Gasteiger partial charge on any atom is 0.306 e. The molecule has 0 aliphatic heterocycles. The van der Waals surface area contributed by atoms with Gasteiger partial charge in [0.05, 0.1) is 19.1 Å². The van der Waals surface area contributed by atoms with Crippen LogP contribution in [0.3, 0.4) is 0 Å². The Labute approximate surface area is 76.9 Å². The van der Waals surface area contributed by atoms with E-state index in [0.29, 0.717) is 0 Å². The molecule has 0 amide bonds. The van der Waals surface area contributed by atoms with Gasteiger partial charge in [0.25, 0.3) is 0 Å². The van der Waals surface area contributed by atoms with Crippen molar-refractivity contribution < 1.29 is 19.4 Å². The highest BCUT2D eigenvalue weighted by Crippen LogP contribution is 1.94. The minimum atomic E-state index is -0.672. The lowest BCUT2D eigenvalue weighted by molar-refractivity contribution is -0.147. The van der Waals surface area contributed by atoms with Gasteiger partial charge in [-0.25, -0.2) is 0 Å². The van der Waals surface area contributed by atoms with E-state index in [1.807, 2.05) is 0 Å². The fraction of sp³-hybridized carbons (Fsp3) is 0.750. The molecule has 0 saturated heterocycles. The molecule has 0 heterocycles. The molecule has 3 N–H and O–H groups in total. The molecule has 0 aromatic carbocycles. The van der Waals surface area contributed by atoms with Gasteiger partial charge in [-0.15, -0.1) is 0 Å². The van der Waals surface area contributed by atoms with E-state index in [-0.39, 0.29) is 31.8 Å². The van der Waals surface area contributed by atoms with Crippen LogP contribution in [0.25, 0.3) is 0 Å². The summed E-state index contributed by atoms with van der Waals surface area (Å²) in [6, 6.07) is 0. The van der Waals surface area contributed by atoms with Gasteiger partial charge >= 0.3 is 5.97 Å². The predicted molar refractivity (Wildman–Crippen MR) is 45.9 cm³/mol. The van der Waals surface area contributed by atoms with Crippen LogP contribution < -0.4 is 5.73 Å². The van der Waals surface area contributed by atoms with Crippen LogP contribution in [-0.2, 0) is 14.3 Å². The van der Waals surface area contributed by atoms with Crippen molar-refractivity contribution in [2.75, 3.05) is 13.2 Å². The largest absolute Gasteiger partial charge is 0.463 e. The predicted octanol–water partition coefficient (Wildman–Crippen LogP) is -0.782. The molecule has 0 aliphatic rings. The molecule has 0 rings (SSSR count). The summed E-state index contributed by atoms with van der Waals surface area (Å²) in [6.07, 6.45) is -0.535. The highest BCUT2D eigenvalue weighted by Gasteiger charge is 2.07. The fourth-order valence-electron chi connectivity index (χ4n) is 0.629. The van der Waals surface area contributed by atoms with Crippen molar-refractivity contribution in [3.8, 4) is 0 Å². The third-order valence-corrected chi connectivity index (χ3v) is 1.32. The van der Waals surface area contributed by atoms with Crippen LogP contribution in [-0.4, -0.2) is 36.1 Å². The fourth-order valence-corrected chi connectivity index (χ4v) is 0.629. The number of esters is 1. The van der Waals surface area contributed by atoms with Gasteiger partial charge in [0.15, 0.2) is 0 Å². The summed E-state index contributed by atoms with van der Waals surface area (Å²) in [5.41, 5.74) is 5.04. The smallest absolute Gasteiger partial charge is 0.306 e. The van der Waals surface area contributed by atoms with E-state index < -0.39 is 12.1 Å². The van der Waals surface area contributed by atoms with Crippen LogP contribution >= 0.6 is 0 Å². The molecule has 5 nitrogen and oxygen atoms in total. The maximum absolute atomic E-state index is 10.8. The Hall–Kier alpha value is -0.940. The van der Waals surface area contributed by atoms with Crippen molar-refractivity contribution in [2.45, 2.75) is 25.9 Å². The van der Waals surface area contributed by atoms with Gasteiger partial charge in [0, 0.05) is 6.42 Å². The molecular weight excluding hydrogens is 174 g/mol. The monoisotopic (exact) mass is 189 g/mol. The van der Waals surface area contributed by atoms with Gasteiger partial charge in [-0.1, -0.05) is 0 Å². The van der Waals surface area contributed by atoms with Crippen LogP contribution in [0.2, 0.25) is 0 Å². The van der Waals surface area contributed by atoms with E-state index in [9.17, 15) is 9.59 Å². The van der Waals surface area contributed by atoms with Crippen molar-refractivity contribution in [3.63, 3.8) is 0 Å². The zero-order chi connectivity index (χ0) is 10.3. The zero-order valence-corrected chi connectivity index (χ0v) is 7.66. The molecule has 0 spiro atoms. The quantitative estimate of drug-likeness (QED) is 0.535. The van der Waals surface area contributed by atoms with Crippen molar-refractivity contribution >= 4 is 11.8 Å². The summed E-state index contributed by atoms with van der Waals surface area (Å²) < 4.78 is 4.62. The van der Waals surface area contributed by atoms with Crippen molar-refractivity contribution in [1.29, 1.82) is 0 Å². The third kappa shape index (κ3) is 7.42. The zero-order valence-electron chi connectivity index (χ0n) is 7.66. The lowest BCUT2D eigenvalue weighted by Crippen LogP contribution is -2.18. The Morgan fingerprint density at radius 2 is 2.08 bits per heavy atom. The van der Waals surface area contributed by atoms with Crippen molar-refractivity contribution in [2.24, 2.45) is 5.73 Å². The van der Waals surface area contributed by atoms with E-state index in [1.165, 1.54) is 6.92 Å². The number of aliphatic hydroxyl groups is 1. The molecule has 0 radical (unpaired) electrons. The summed E-state index contributed by atoms with van der Waals surface area (Å²) in [5.74, 6) is -0.656. The lowest BCUT2D eigenvalue weighted by Gasteiger charge is -2.05. The van der Waals surface area contributed by atoms with Gasteiger partial charge in [0.1, 0.15) is 12.4 Å². The number of hydrogen-bond acceptors (Lipinski definition) is 5. The number of carbonyl (C=O) groups is 2. The van der Waals surface area contributed by atoms with Gasteiger partial charge in [-0.3, -0.25) is 9.59 Å². The number of Topliss-reactive ketones (excluding diaryl/α,β-unsaturated/α-hetero) is 1. The van der Waals surface area contributed by atoms with Gasteiger partial charge < -0.3 is 15.6 Å². The van der Waals surface area contributed by atoms with Crippen molar-refractivity contribution in [1.82, 2.24) is 0 Å². The van der Waals surface area contributed by atoms with E-state index >= 15 is 0 Å². The minimum Gasteiger partial charge on any atom is -0.463 e. The number of ether oxygens (including phenoxy) is 1. The number of carbonyl (C=O) groups excluding carboxylic acids is 2. The van der Waals surface area contributed by atoms with Crippen molar-refractivity contribution in [3.05, 3.63) is 0 Å². The Balaban J connectivity index is 3.46. The van der Waals surface area contributed by atoms with Gasteiger partial charge in [-0.2, -0.15) is 0 Å². The lowest BCUT2D eigenvalue weighted by atomic mass is 10.2. The van der Waals surface area contributed by atoms with Crippen LogP contribution in [0, 0.1) is 0 Å². The summed E-state index contributed by atoms with van der Waals surface area (Å²) in [6.45, 7) is 1.43. The van der Waals surface area contributed by atoms with Gasteiger partial charge in [0.2, 0.25) is 0 Å². The van der Waals surface area contributed by atoms with E-state index in [2.05, 4.69) is 4.74 Å². The van der Waals surface area contributed by atoms with Crippen LogP contribution in [0.15, 0.2) is 0 Å². The topological polar surface area (TPSA) is 89.6 Å². The molecule has 0 bridgehead atoms. The average molecular weight is 189 g/mol. The minimum absolute atomic E-state index is 0.0305. The number of aliphatic hydroxyl groups excluding tert-OH is 1. The number of ketones is 1. The molecular formula is C8H15NO4. The molecule has 13 heavy (non-hydrogen) atoms. The molecule has 0 aromatic heterocycles. The molecule has 0 saturated carbocycles. The first-order valence-electron chi connectivity index (χ1n) is 4.11. The Bertz CT molecular complexity index is 179. The summed E-state index contributed by atoms with van der Waals surface area (Å²) in [4.78, 5) is 21.5. The Morgan fingerprint density at radius 3 is 2.54 bits per heavy atom. The highest BCUT2D eigenvalue weighted by molar-refractivity contribution is 5.84. The summed E-state index contributed by atoms with van der Waals surface area (Å²) in [5, 5.41) is 8.76. The average Bonchev–Trinajstić information content (AvgIpc) is 2.10. The molecule has 76 valence electrons. The summed E-state index contributed by atoms with van der Waals surface area (Å²) >= 11 is 0. The maximum atomic E-state index is 10.8. The first-order valence-corrected chi connectivity index (χ1v) is 4.11. The molecule has 1 atom stereocenters. The molecule has 5 heteroatoms. The number of hydrogen-bond donors (Lipinski definition) is 2. The first-order chi connectivity index (χ1) is 6.06. The molecule has 0 aliphatic carbocycles. The van der Waals surface area contributed by atoms with Gasteiger partial charge in [-0.05, 0) is 6.92 Å². The first kappa shape index (κ1) is 12.1. The van der Waals surface area contributed by atoms with Crippen LogP contribution in [0.5, 0.6) is 0 Å². The second-order valence-electron chi connectivity index (χ2n) is 2.77. The normalized spacial score (nSPS) is 12.2. The second-order valence-corrected chi connectivity index (χ2v) is 2.77. The standard InChI is InChI=1S/C8H15NO4/c1-6(10)5-13-8(12)3-2-7(11)4-9/h6,10H,2-5,9H2,1H3. The number of rotatable bonds is 6. The molecule has 0 aromatic rings. The SMILES string of the molecule is CC(O)COC(=O)CCC(=O)CN. The number of nitrogens with two attached hydrogens (primary N) is 1. The second kappa shape index (κ2) is 6.56. The third-order valence-electron chi connectivity index (χ3n) is 1.32. The van der Waals surface area contributed by atoms with E-state index in [1.54, 1.807) is 0 Å². The van der Waals surface area contributed by atoms with E-state index in [4.69, 9.17) is 10.8 Å². The Kier molecular flexibility index (Phi) is 6.09. The highest BCUT2D eigenvalue weighted by atomic mass is 16.5.